The van der Waals surface area contributed by atoms with Gasteiger partial charge in [-0.1, -0.05) is 12.1 Å². The standard InChI is InChI=1S/C28H26F3NO11/c1-9-21(35)13(32-26(40)28(29,30)31)6-16(42-9)43-15-8-27(41,10(2)33)7-12-18(15)25(39)20-19(23(12)37)22(36)11-4-3-5-14(34)17(11)24(20)38/h3-5,9,13,15-16,21,34-35,37,39,41H,6-8H2,1-2H3,(H,32,40)/t9-,13-,15-,16-,21+,27-/m0/s1. The van der Waals surface area contributed by atoms with Gasteiger partial charge in [0, 0.05) is 36.0 Å². The zero-order valence-corrected chi connectivity index (χ0v) is 22.6. The van der Waals surface area contributed by atoms with E-state index in [-0.39, 0.29) is 16.7 Å². The third kappa shape index (κ3) is 4.91. The topological polar surface area (TPSA) is 200 Å². The number of phenols is 3. The minimum absolute atomic E-state index is 0.257. The number of aliphatic hydroxyl groups excluding tert-OH is 1. The number of fused-ring (bicyclic) bond motifs is 3. The van der Waals surface area contributed by atoms with Crippen LogP contribution in [-0.2, 0) is 25.5 Å². The van der Waals surface area contributed by atoms with Gasteiger partial charge in [0.15, 0.2) is 17.9 Å². The zero-order valence-electron chi connectivity index (χ0n) is 22.6. The van der Waals surface area contributed by atoms with Gasteiger partial charge in [-0.2, -0.15) is 13.2 Å². The number of phenolic OH excluding ortho intramolecular Hbond substituents is 3. The first-order chi connectivity index (χ1) is 20.0. The highest BCUT2D eigenvalue weighted by Gasteiger charge is 2.50. The number of ether oxygens (including phenoxy) is 2. The maximum Gasteiger partial charge on any atom is 0.471 e. The SMILES string of the molecule is CC(=O)[C@]1(O)Cc2c(O)c3c(c(O)c2[C@@H](O[C@H]2C[C@H](NC(=O)C(F)(F)F)[C@H](O)[C@H](C)O2)C1)C(=O)c1c(O)cccc1C3=O. The lowest BCUT2D eigenvalue weighted by molar-refractivity contribution is -0.250. The summed E-state index contributed by atoms with van der Waals surface area (Å²) in [5.74, 6) is -7.28. The zero-order chi connectivity index (χ0) is 31.8. The summed E-state index contributed by atoms with van der Waals surface area (Å²) in [6.45, 7) is 2.34. The van der Waals surface area contributed by atoms with Crippen LogP contribution >= 0.6 is 0 Å². The molecule has 3 aliphatic rings. The van der Waals surface area contributed by atoms with Crippen molar-refractivity contribution in [3.05, 3.63) is 51.6 Å². The van der Waals surface area contributed by atoms with Crippen molar-refractivity contribution in [1.29, 1.82) is 0 Å². The number of halogens is 3. The summed E-state index contributed by atoms with van der Waals surface area (Å²) in [4.78, 5) is 50.9. The van der Waals surface area contributed by atoms with Crippen LogP contribution in [0.15, 0.2) is 18.2 Å². The summed E-state index contributed by atoms with van der Waals surface area (Å²) in [5, 5.41) is 56.2. The lowest BCUT2D eigenvalue weighted by Crippen LogP contribution is -2.57. The summed E-state index contributed by atoms with van der Waals surface area (Å²) in [6.07, 6.45) is -12.8. The van der Waals surface area contributed by atoms with E-state index < -0.39 is 119 Å². The Labute approximate surface area is 240 Å². The van der Waals surface area contributed by atoms with Crippen molar-refractivity contribution in [2.75, 3.05) is 0 Å². The Balaban J connectivity index is 1.59. The van der Waals surface area contributed by atoms with Crippen molar-refractivity contribution < 1.29 is 67.4 Å². The lowest BCUT2D eigenvalue weighted by Gasteiger charge is -2.42. The van der Waals surface area contributed by atoms with Crippen LogP contribution in [0, 0.1) is 0 Å². The molecule has 2 aromatic carbocycles. The number of aromatic hydroxyl groups is 3. The van der Waals surface area contributed by atoms with Gasteiger partial charge in [0.05, 0.1) is 34.9 Å². The first kappa shape index (κ1) is 30.4. The van der Waals surface area contributed by atoms with Crippen LogP contribution in [0.3, 0.4) is 0 Å². The van der Waals surface area contributed by atoms with Crippen molar-refractivity contribution in [2.45, 2.75) is 75.5 Å². The molecule has 1 saturated heterocycles. The van der Waals surface area contributed by atoms with Crippen molar-refractivity contribution in [3.8, 4) is 17.2 Å². The molecule has 2 aliphatic carbocycles. The Morgan fingerprint density at radius 3 is 2.35 bits per heavy atom. The van der Waals surface area contributed by atoms with E-state index in [4.69, 9.17) is 9.47 Å². The van der Waals surface area contributed by atoms with E-state index >= 15 is 0 Å². The molecule has 0 saturated carbocycles. The van der Waals surface area contributed by atoms with E-state index in [0.29, 0.717) is 0 Å². The van der Waals surface area contributed by atoms with E-state index in [1.54, 1.807) is 5.32 Å². The fraction of sp³-hybridized carbons (Fsp3) is 0.429. The van der Waals surface area contributed by atoms with E-state index in [1.165, 1.54) is 19.1 Å². The molecule has 1 aliphatic heterocycles. The molecular weight excluding hydrogens is 583 g/mol. The molecule has 0 spiro atoms. The molecule has 43 heavy (non-hydrogen) atoms. The number of aliphatic hydroxyl groups is 2. The monoisotopic (exact) mass is 609 g/mol. The van der Waals surface area contributed by atoms with E-state index in [1.807, 2.05) is 0 Å². The molecule has 1 fully saturated rings. The smallest absolute Gasteiger partial charge is 0.471 e. The highest BCUT2D eigenvalue weighted by atomic mass is 19.4. The van der Waals surface area contributed by atoms with Gasteiger partial charge in [0.25, 0.3) is 0 Å². The number of ketones is 3. The summed E-state index contributed by atoms with van der Waals surface area (Å²) in [5.41, 5.74) is -4.80. The molecule has 0 aromatic heterocycles. The number of carbonyl (C=O) groups excluding carboxylic acids is 4. The van der Waals surface area contributed by atoms with Gasteiger partial charge in [-0.15, -0.1) is 0 Å². The number of benzene rings is 2. The maximum atomic E-state index is 13.5. The second-order valence-corrected chi connectivity index (χ2v) is 10.9. The van der Waals surface area contributed by atoms with Gasteiger partial charge in [-0.25, -0.2) is 0 Å². The first-order valence-electron chi connectivity index (χ1n) is 13.1. The van der Waals surface area contributed by atoms with Crippen LogP contribution < -0.4 is 5.32 Å². The molecule has 1 amide bonds. The van der Waals surface area contributed by atoms with Crippen molar-refractivity contribution in [1.82, 2.24) is 5.32 Å². The number of hydrogen-bond acceptors (Lipinski definition) is 11. The van der Waals surface area contributed by atoms with Crippen molar-refractivity contribution in [3.63, 3.8) is 0 Å². The Hall–Kier alpha value is -4.05. The molecule has 15 heteroatoms. The third-order valence-corrected chi connectivity index (χ3v) is 8.12. The second-order valence-electron chi connectivity index (χ2n) is 10.9. The van der Waals surface area contributed by atoms with Gasteiger partial charge in [-0.05, 0) is 19.9 Å². The van der Waals surface area contributed by atoms with Crippen LogP contribution in [0.2, 0.25) is 0 Å². The van der Waals surface area contributed by atoms with Crippen LogP contribution in [0.1, 0.15) is 75.8 Å². The molecule has 0 radical (unpaired) electrons. The van der Waals surface area contributed by atoms with E-state index in [9.17, 15) is 57.9 Å². The van der Waals surface area contributed by atoms with Gasteiger partial charge >= 0.3 is 12.1 Å². The minimum atomic E-state index is -5.25. The van der Waals surface area contributed by atoms with E-state index in [0.717, 1.165) is 13.0 Å². The van der Waals surface area contributed by atoms with Crippen LogP contribution in [-0.4, -0.2) is 85.1 Å². The third-order valence-electron chi connectivity index (χ3n) is 8.12. The molecule has 6 atom stereocenters. The Morgan fingerprint density at radius 1 is 1.07 bits per heavy atom. The summed E-state index contributed by atoms with van der Waals surface area (Å²) in [6, 6.07) is 2.16. The number of carbonyl (C=O) groups is 4. The Kier molecular flexibility index (Phi) is 7.28. The van der Waals surface area contributed by atoms with Crippen molar-refractivity contribution >= 4 is 23.3 Å². The Morgan fingerprint density at radius 2 is 1.72 bits per heavy atom. The molecule has 5 rings (SSSR count). The number of alkyl halides is 3. The lowest BCUT2D eigenvalue weighted by atomic mass is 9.72. The van der Waals surface area contributed by atoms with Crippen LogP contribution in [0.5, 0.6) is 17.2 Å². The maximum absolute atomic E-state index is 13.5. The molecule has 12 nitrogen and oxygen atoms in total. The number of Topliss-reactive ketones (excluding diaryl/α,β-unsaturated/α-hetero) is 1. The van der Waals surface area contributed by atoms with Crippen LogP contribution in [0.25, 0.3) is 0 Å². The molecule has 2 aromatic rings. The van der Waals surface area contributed by atoms with Gasteiger partial charge in [0.2, 0.25) is 5.78 Å². The van der Waals surface area contributed by atoms with Gasteiger partial charge in [-0.3, -0.25) is 19.2 Å². The summed E-state index contributed by atoms with van der Waals surface area (Å²) < 4.78 is 50.1. The average molecular weight is 610 g/mol. The fourth-order valence-corrected chi connectivity index (χ4v) is 5.86. The predicted octanol–water partition coefficient (Wildman–Crippen LogP) is 1.45. The highest BCUT2D eigenvalue weighted by Crippen LogP contribution is 2.52. The van der Waals surface area contributed by atoms with Crippen LogP contribution in [0.4, 0.5) is 13.2 Å². The first-order valence-corrected chi connectivity index (χ1v) is 13.1. The second kappa shape index (κ2) is 10.3. The average Bonchev–Trinajstić information content (AvgIpc) is 2.91. The fourth-order valence-electron chi connectivity index (χ4n) is 5.86. The minimum Gasteiger partial charge on any atom is -0.507 e. The molecule has 0 bridgehead atoms. The number of nitrogens with one attached hydrogen (secondary N) is 1. The highest BCUT2D eigenvalue weighted by molar-refractivity contribution is 6.31. The molecular formula is C28H26F3NO11. The van der Waals surface area contributed by atoms with E-state index in [2.05, 4.69) is 0 Å². The normalized spacial score (nSPS) is 28.5. The molecule has 230 valence electrons. The van der Waals surface area contributed by atoms with Gasteiger partial charge < -0.3 is 40.3 Å². The van der Waals surface area contributed by atoms with Gasteiger partial charge in [0.1, 0.15) is 29.0 Å². The molecule has 0 unspecified atom stereocenters. The predicted molar refractivity (Wildman–Crippen MR) is 135 cm³/mol. The number of amides is 1. The summed E-state index contributed by atoms with van der Waals surface area (Å²) in [7, 11) is 0. The molecule has 6 N–H and O–H groups in total. The summed E-state index contributed by atoms with van der Waals surface area (Å²) >= 11 is 0. The van der Waals surface area contributed by atoms with Crippen molar-refractivity contribution in [2.24, 2.45) is 0 Å². The number of rotatable bonds is 4. The Bertz CT molecular complexity index is 1570. The molecule has 1 heterocycles. The quantitative estimate of drug-likeness (QED) is 0.234. The largest absolute Gasteiger partial charge is 0.507 e. The number of hydrogen-bond donors (Lipinski definition) is 6.